The van der Waals surface area contributed by atoms with Crippen LogP contribution in [0.5, 0.6) is 5.75 Å². The molecule has 8 nitrogen and oxygen atoms in total. The zero-order valence-electron chi connectivity index (χ0n) is 18.0. The van der Waals surface area contributed by atoms with Crippen LogP contribution < -0.4 is 10.6 Å². The Morgan fingerprint density at radius 3 is 3.03 bits per heavy atom. The molecule has 2 N–H and O–H groups in total. The number of fused-ring (bicyclic) bond motifs is 4. The monoisotopic (exact) mass is 439 g/mol. The number of nitrogens with zero attached hydrogens (tertiary/aromatic N) is 4. The van der Waals surface area contributed by atoms with Gasteiger partial charge >= 0.3 is 0 Å². The molecule has 2 bridgehead atoms. The fourth-order valence-corrected chi connectivity index (χ4v) is 5.25. The predicted molar refractivity (Wildman–Crippen MR) is 119 cm³/mol. The second kappa shape index (κ2) is 7.81. The summed E-state index contributed by atoms with van der Waals surface area (Å²) >= 11 is 0. The van der Waals surface area contributed by atoms with Crippen LogP contribution in [0.1, 0.15) is 30.9 Å². The maximum atomic E-state index is 13.5. The molecule has 0 radical (unpaired) electrons. The van der Waals surface area contributed by atoms with Crippen LogP contribution in [0.2, 0.25) is 0 Å². The van der Waals surface area contributed by atoms with Crippen LogP contribution in [-0.4, -0.2) is 65.2 Å². The molecule has 1 saturated carbocycles. The first-order chi connectivity index (χ1) is 15.5. The third-order valence-electron chi connectivity index (χ3n) is 6.91. The van der Waals surface area contributed by atoms with E-state index in [1.807, 2.05) is 31.3 Å². The van der Waals surface area contributed by atoms with Gasteiger partial charge in [0.05, 0.1) is 29.8 Å². The number of nitrogens with two attached hydrogens (primary N) is 1. The number of aromatic nitrogens is 1. The summed E-state index contributed by atoms with van der Waals surface area (Å²) in [5, 5.41) is 4.92. The van der Waals surface area contributed by atoms with Crippen molar-refractivity contribution in [2.24, 2.45) is 15.9 Å². The molecule has 1 aromatic carbocycles. The maximum Gasteiger partial charge on any atom is 0.210 e. The van der Waals surface area contributed by atoms with Gasteiger partial charge < -0.3 is 20.2 Å². The molecule has 168 valence electrons. The van der Waals surface area contributed by atoms with Gasteiger partial charge in [0.15, 0.2) is 0 Å². The Hall–Kier alpha value is -3.07. The third kappa shape index (κ3) is 3.31. The van der Waals surface area contributed by atoms with E-state index in [1.54, 1.807) is 6.21 Å². The van der Waals surface area contributed by atoms with Crippen molar-refractivity contribution in [1.29, 1.82) is 0 Å². The molecule has 1 unspecified atom stereocenters. The van der Waals surface area contributed by atoms with Crippen molar-refractivity contribution in [1.82, 2.24) is 9.88 Å². The van der Waals surface area contributed by atoms with E-state index < -0.39 is 23.9 Å². The average molecular weight is 439 g/mol. The lowest BCUT2D eigenvalue weighted by Gasteiger charge is -2.43. The van der Waals surface area contributed by atoms with E-state index in [4.69, 9.17) is 15.3 Å². The predicted octanol–water partition coefficient (Wildman–Crippen LogP) is 2.17. The molecular formula is C23H26FN5O3. The Morgan fingerprint density at radius 2 is 2.31 bits per heavy atom. The first-order valence-corrected chi connectivity index (χ1v) is 10.8. The number of hydrogen-bond acceptors (Lipinski definition) is 7. The lowest BCUT2D eigenvalue weighted by atomic mass is 9.68. The van der Waals surface area contributed by atoms with Crippen LogP contribution in [0.25, 0.3) is 10.9 Å². The summed E-state index contributed by atoms with van der Waals surface area (Å²) < 4.78 is 25.1. The summed E-state index contributed by atoms with van der Waals surface area (Å²) in [6, 6.07) is 5.81. The molecule has 3 fully saturated rings. The molecule has 3 aliphatic heterocycles. The van der Waals surface area contributed by atoms with Crippen molar-refractivity contribution in [2.75, 3.05) is 19.8 Å². The maximum absolute atomic E-state index is 13.5. The fraction of sp³-hybridized carbons (Fsp3) is 0.478. The number of hydrogen-bond donors (Lipinski definition) is 1. The van der Waals surface area contributed by atoms with E-state index in [0.717, 1.165) is 22.9 Å². The Morgan fingerprint density at radius 1 is 1.47 bits per heavy atom. The minimum Gasteiger partial charge on any atom is -0.484 e. The van der Waals surface area contributed by atoms with Crippen molar-refractivity contribution >= 4 is 29.2 Å². The molecule has 1 aliphatic carbocycles. The van der Waals surface area contributed by atoms with Crippen LogP contribution in [0.4, 0.5) is 4.39 Å². The van der Waals surface area contributed by atoms with Gasteiger partial charge in [0.1, 0.15) is 24.2 Å². The van der Waals surface area contributed by atoms with Crippen molar-refractivity contribution < 1.29 is 18.7 Å². The van der Waals surface area contributed by atoms with E-state index in [9.17, 15) is 9.18 Å². The summed E-state index contributed by atoms with van der Waals surface area (Å²) in [6.45, 7) is 2.99. The van der Waals surface area contributed by atoms with Crippen LogP contribution in [0.3, 0.4) is 0 Å². The van der Waals surface area contributed by atoms with Crippen molar-refractivity contribution in [3.05, 3.63) is 35.5 Å². The standard InChI is InChI=1S/C23H26FN5O3/c1-15(21(28-25)8-27-22-10-23(11-22,12-24)29(13-22)14-30)32-17-2-3-20-19(6-17)18-4-5-31-9-16(18)7-26-20/h2-3,6-8,14-15H,4-5,9-13,25H2,1H3/b27-8?,28-21+. The van der Waals surface area contributed by atoms with E-state index in [2.05, 4.69) is 15.1 Å². The number of halogens is 1. The fourth-order valence-electron chi connectivity index (χ4n) is 5.25. The quantitative estimate of drug-likeness (QED) is 0.308. The second-order valence-corrected chi connectivity index (χ2v) is 8.98. The number of amides is 1. The smallest absolute Gasteiger partial charge is 0.210 e. The molecule has 2 saturated heterocycles. The van der Waals surface area contributed by atoms with Crippen LogP contribution >= 0.6 is 0 Å². The zero-order chi connectivity index (χ0) is 22.3. The minimum atomic E-state index is -0.690. The van der Waals surface area contributed by atoms with E-state index in [1.165, 1.54) is 10.5 Å². The van der Waals surface area contributed by atoms with Crippen LogP contribution in [0, 0.1) is 0 Å². The topological polar surface area (TPSA) is 102 Å². The van der Waals surface area contributed by atoms with Gasteiger partial charge in [-0.2, -0.15) is 5.10 Å². The van der Waals surface area contributed by atoms with Crippen molar-refractivity contribution in [2.45, 2.75) is 50.0 Å². The Balaban J connectivity index is 1.32. The molecule has 2 aromatic rings. The molecule has 1 aromatic heterocycles. The number of carbonyl (C=O) groups is 1. The van der Waals surface area contributed by atoms with E-state index in [-0.39, 0.29) is 0 Å². The average Bonchev–Trinajstić information content (AvgIpc) is 3.29. The number of rotatable bonds is 7. The van der Waals surface area contributed by atoms with Gasteiger partial charge in [0.2, 0.25) is 6.41 Å². The van der Waals surface area contributed by atoms with Gasteiger partial charge in [-0.15, -0.1) is 0 Å². The molecule has 4 aliphatic rings. The lowest BCUT2D eigenvalue weighted by Crippen LogP contribution is -2.53. The van der Waals surface area contributed by atoms with Crippen molar-refractivity contribution in [3.63, 3.8) is 0 Å². The summed E-state index contributed by atoms with van der Waals surface area (Å²) in [5.41, 5.74) is 2.60. The van der Waals surface area contributed by atoms with Gasteiger partial charge in [0, 0.05) is 37.2 Å². The van der Waals surface area contributed by atoms with Crippen molar-refractivity contribution in [3.8, 4) is 5.75 Å². The summed E-state index contributed by atoms with van der Waals surface area (Å²) in [6.07, 6.45) is 5.63. The first kappa shape index (κ1) is 20.8. The molecule has 9 heteroatoms. The molecule has 32 heavy (non-hydrogen) atoms. The minimum absolute atomic E-state index is 0.413. The van der Waals surface area contributed by atoms with Crippen LogP contribution in [0.15, 0.2) is 34.5 Å². The number of ether oxygens (including phenoxy) is 2. The van der Waals surface area contributed by atoms with E-state index in [0.29, 0.717) is 50.5 Å². The highest BCUT2D eigenvalue weighted by atomic mass is 19.1. The number of pyridine rings is 1. The van der Waals surface area contributed by atoms with E-state index >= 15 is 0 Å². The SMILES string of the molecule is CC(Oc1ccc2ncc3c(c2c1)CCOC3)/C(C=NC12CN(C=O)C(CF)(C1)C2)=N/N. The largest absolute Gasteiger partial charge is 0.484 e. The van der Waals surface area contributed by atoms with Gasteiger partial charge in [-0.1, -0.05) is 0 Å². The highest BCUT2D eigenvalue weighted by molar-refractivity contribution is 6.32. The molecule has 1 amide bonds. The highest BCUT2D eigenvalue weighted by Gasteiger charge is 2.65. The molecule has 4 heterocycles. The normalized spacial score (nSPS) is 27.9. The highest BCUT2D eigenvalue weighted by Crippen LogP contribution is 2.55. The molecular weight excluding hydrogens is 413 g/mol. The van der Waals surface area contributed by atoms with Gasteiger partial charge in [-0.05, 0) is 42.7 Å². The summed E-state index contributed by atoms with van der Waals surface area (Å²) in [5.74, 6) is 6.31. The zero-order valence-corrected chi connectivity index (χ0v) is 18.0. The Bertz CT molecular complexity index is 1110. The molecule has 0 spiro atoms. The lowest BCUT2D eigenvalue weighted by molar-refractivity contribution is -0.122. The summed E-state index contributed by atoms with van der Waals surface area (Å²) in [7, 11) is 0. The summed E-state index contributed by atoms with van der Waals surface area (Å²) in [4.78, 5) is 22.0. The molecule has 6 rings (SSSR count). The number of alkyl halides is 1. The van der Waals surface area contributed by atoms with Crippen LogP contribution in [-0.2, 0) is 22.6 Å². The number of carbonyl (C=O) groups excluding carboxylic acids is 1. The Labute approximate surface area is 185 Å². The third-order valence-corrected chi connectivity index (χ3v) is 6.91. The number of aliphatic imine (C=N–C) groups is 1. The van der Waals surface area contributed by atoms with Gasteiger partial charge in [0.25, 0.3) is 0 Å². The van der Waals surface area contributed by atoms with Gasteiger partial charge in [-0.25, -0.2) is 4.39 Å². The van der Waals surface area contributed by atoms with Gasteiger partial charge in [-0.3, -0.25) is 14.8 Å². The second-order valence-electron chi connectivity index (χ2n) is 8.98. The first-order valence-electron chi connectivity index (χ1n) is 10.8. The number of hydrazone groups is 1. The Kier molecular flexibility index (Phi) is 5.08. The molecule has 1 atom stereocenters. The number of benzene rings is 1.